The van der Waals surface area contributed by atoms with Gasteiger partial charge in [0.25, 0.3) is 0 Å². The zero-order valence-electron chi connectivity index (χ0n) is 15.8. The number of hydrogen-bond acceptors (Lipinski definition) is 2. The quantitative estimate of drug-likeness (QED) is 0.861. The summed E-state index contributed by atoms with van der Waals surface area (Å²) in [4.78, 5) is 14.8. The minimum atomic E-state index is -0.491. The average Bonchev–Trinajstić information content (AvgIpc) is 2.96. The first-order valence-electron chi connectivity index (χ1n) is 9.87. The summed E-state index contributed by atoms with van der Waals surface area (Å²) in [6.45, 7) is 3.93. The highest BCUT2D eigenvalue weighted by atomic mass is 35.5. The number of benzene rings is 2. The van der Waals surface area contributed by atoms with E-state index in [1.165, 1.54) is 17.5 Å². The van der Waals surface area contributed by atoms with E-state index >= 15 is 0 Å². The Kier molecular flexibility index (Phi) is 5.00. The predicted molar refractivity (Wildman–Crippen MR) is 110 cm³/mol. The Bertz CT molecular complexity index is 825. The van der Waals surface area contributed by atoms with E-state index < -0.39 is 6.04 Å². The molecule has 1 fully saturated rings. The zero-order valence-corrected chi connectivity index (χ0v) is 16.6. The van der Waals surface area contributed by atoms with Crippen LogP contribution < -0.4 is 5.73 Å². The van der Waals surface area contributed by atoms with E-state index in [4.69, 9.17) is 17.3 Å². The molecule has 0 aromatic heterocycles. The van der Waals surface area contributed by atoms with Crippen molar-refractivity contribution >= 4 is 17.5 Å². The minimum absolute atomic E-state index is 0.0686. The average molecular weight is 383 g/mol. The van der Waals surface area contributed by atoms with Crippen molar-refractivity contribution in [3.63, 3.8) is 0 Å². The molecule has 0 bridgehead atoms. The molecular weight excluding hydrogens is 356 g/mol. The Morgan fingerprint density at radius 3 is 2.56 bits per heavy atom. The molecule has 4 heteroatoms. The fraction of sp³-hybridized carbons (Fsp3) is 0.435. The third kappa shape index (κ3) is 3.51. The lowest BCUT2D eigenvalue weighted by Crippen LogP contribution is -2.50. The van der Waals surface area contributed by atoms with E-state index in [1.807, 2.05) is 29.2 Å². The highest BCUT2D eigenvalue weighted by Crippen LogP contribution is 2.51. The lowest BCUT2D eigenvalue weighted by atomic mass is 9.73. The van der Waals surface area contributed by atoms with Crippen LogP contribution in [0.2, 0.25) is 5.02 Å². The number of likely N-dealkylation sites (tertiary alicyclic amines) is 1. The van der Waals surface area contributed by atoms with Crippen LogP contribution in [-0.4, -0.2) is 29.9 Å². The van der Waals surface area contributed by atoms with Crippen LogP contribution in [0.1, 0.15) is 48.8 Å². The molecule has 2 aromatic rings. The molecule has 1 spiro atoms. The molecule has 2 N–H and O–H groups in total. The van der Waals surface area contributed by atoms with E-state index in [-0.39, 0.29) is 11.3 Å². The molecule has 1 saturated heterocycles. The zero-order chi connectivity index (χ0) is 19.0. The van der Waals surface area contributed by atoms with Crippen molar-refractivity contribution in [1.29, 1.82) is 0 Å². The Labute approximate surface area is 166 Å². The van der Waals surface area contributed by atoms with Crippen molar-refractivity contribution in [1.82, 2.24) is 4.90 Å². The number of piperidine rings is 1. The second kappa shape index (κ2) is 7.29. The van der Waals surface area contributed by atoms with Gasteiger partial charge in [-0.2, -0.15) is 0 Å². The van der Waals surface area contributed by atoms with E-state index in [0.29, 0.717) is 17.4 Å². The second-order valence-corrected chi connectivity index (χ2v) is 8.67. The molecule has 27 heavy (non-hydrogen) atoms. The third-order valence-electron chi connectivity index (χ3n) is 6.48. The van der Waals surface area contributed by atoms with E-state index in [9.17, 15) is 4.79 Å². The standard InChI is InChI=1S/C23H27ClN2O/c1-16-15-23(20-5-3-2-4-19(16)20)10-12-26(13-11-23)22(27)21(25)14-17-6-8-18(24)9-7-17/h2-9,16,21H,10-15,25H2,1H3/t16-,21-/m1/s1. The lowest BCUT2D eigenvalue weighted by Gasteiger charge is -2.41. The topological polar surface area (TPSA) is 46.3 Å². The van der Waals surface area contributed by atoms with Crippen LogP contribution in [0, 0.1) is 0 Å². The molecule has 4 rings (SSSR count). The molecular formula is C23H27ClN2O. The number of amides is 1. The third-order valence-corrected chi connectivity index (χ3v) is 6.73. The van der Waals surface area contributed by atoms with Crippen molar-refractivity contribution in [3.8, 4) is 0 Å². The van der Waals surface area contributed by atoms with Gasteiger partial charge in [-0.15, -0.1) is 0 Å². The predicted octanol–water partition coefficient (Wildman–Crippen LogP) is 4.28. The van der Waals surface area contributed by atoms with Gasteiger partial charge in [-0.1, -0.05) is 54.9 Å². The van der Waals surface area contributed by atoms with Crippen LogP contribution in [0.25, 0.3) is 0 Å². The number of carbonyl (C=O) groups is 1. The molecule has 1 amide bonds. The minimum Gasteiger partial charge on any atom is -0.341 e. The van der Waals surface area contributed by atoms with Crippen LogP contribution in [-0.2, 0) is 16.6 Å². The van der Waals surface area contributed by atoms with Gasteiger partial charge in [-0.25, -0.2) is 0 Å². The fourth-order valence-corrected chi connectivity index (χ4v) is 5.17. The maximum absolute atomic E-state index is 12.9. The number of halogens is 1. The first-order valence-corrected chi connectivity index (χ1v) is 10.2. The maximum Gasteiger partial charge on any atom is 0.239 e. The Morgan fingerprint density at radius 1 is 1.19 bits per heavy atom. The van der Waals surface area contributed by atoms with Crippen molar-refractivity contribution in [3.05, 3.63) is 70.2 Å². The number of carbonyl (C=O) groups excluding carboxylic acids is 1. The van der Waals surface area contributed by atoms with Crippen LogP contribution in [0.5, 0.6) is 0 Å². The molecule has 3 nitrogen and oxygen atoms in total. The summed E-state index contributed by atoms with van der Waals surface area (Å²) in [5, 5.41) is 0.700. The van der Waals surface area contributed by atoms with Crippen LogP contribution in [0.3, 0.4) is 0 Å². The first-order chi connectivity index (χ1) is 13.0. The molecule has 2 atom stereocenters. The van der Waals surface area contributed by atoms with Crippen LogP contribution in [0.4, 0.5) is 0 Å². The number of hydrogen-bond donors (Lipinski definition) is 1. The maximum atomic E-state index is 12.9. The second-order valence-electron chi connectivity index (χ2n) is 8.24. The molecule has 2 aliphatic rings. The number of fused-ring (bicyclic) bond motifs is 2. The van der Waals surface area contributed by atoms with Gasteiger partial charge < -0.3 is 10.6 Å². The largest absolute Gasteiger partial charge is 0.341 e. The lowest BCUT2D eigenvalue weighted by molar-refractivity contribution is -0.134. The molecule has 2 aromatic carbocycles. The highest BCUT2D eigenvalue weighted by Gasteiger charge is 2.44. The van der Waals surface area contributed by atoms with Gasteiger partial charge in [0.15, 0.2) is 0 Å². The Hall–Kier alpha value is -1.84. The Morgan fingerprint density at radius 2 is 1.85 bits per heavy atom. The summed E-state index contributed by atoms with van der Waals surface area (Å²) in [5.41, 5.74) is 10.5. The van der Waals surface area contributed by atoms with Gasteiger partial charge in [-0.05, 0) is 65.8 Å². The van der Waals surface area contributed by atoms with Gasteiger partial charge in [0.2, 0.25) is 5.91 Å². The molecule has 1 aliphatic carbocycles. The number of rotatable bonds is 3. The number of nitrogens with two attached hydrogens (primary N) is 1. The molecule has 142 valence electrons. The first kappa shape index (κ1) is 18.5. The van der Waals surface area contributed by atoms with Crippen LogP contribution in [0.15, 0.2) is 48.5 Å². The van der Waals surface area contributed by atoms with Gasteiger partial charge >= 0.3 is 0 Å². The fourth-order valence-electron chi connectivity index (χ4n) is 5.04. The summed E-state index contributed by atoms with van der Waals surface area (Å²) in [6.07, 6.45) is 3.82. The van der Waals surface area contributed by atoms with Gasteiger partial charge in [-0.3, -0.25) is 4.79 Å². The highest BCUT2D eigenvalue weighted by molar-refractivity contribution is 6.30. The summed E-state index contributed by atoms with van der Waals surface area (Å²) in [6, 6.07) is 15.9. The van der Waals surface area contributed by atoms with Gasteiger partial charge in [0.05, 0.1) is 6.04 Å². The molecule has 0 radical (unpaired) electrons. The monoisotopic (exact) mass is 382 g/mol. The van der Waals surface area contributed by atoms with E-state index in [1.54, 1.807) is 0 Å². The molecule has 0 unspecified atom stereocenters. The van der Waals surface area contributed by atoms with Crippen LogP contribution >= 0.6 is 11.6 Å². The number of nitrogens with zero attached hydrogens (tertiary/aromatic N) is 1. The van der Waals surface area contributed by atoms with Crippen molar-refractivity contribution in [2.24, 2.45) is 5.73 Å². The van der Waals surface area contributed by atoms with Crippen molar-refractivity contribution in [2.75, 3.05) is 13.1 Å². The Balaban J connectivity index is 1.40. The van der Waals surface area contributed by atoms with Gasteiger partial charge in [0, 0.05) is 18.1 Å². The van der Waals surface area contributed by atoms with Crippen molar-refractivity contribution < 1.29 is 4.79 Å². The molecule has 1 aliphatic heterocycles. The smallest absolute Gasteiger partial charge is 0.239 e. The summed E-state index contributed by atoms with van der Waals surface area (Å²) < 4.78 is 0. The molecule has 0 saturated carbocycles. The van der Waals surface area contributed by atoms with E-state index in [2.05, 4.69) is 31.2 Å². The van der Waals surface area contributed by atoms with E-state index in [0.717, 1.165) is 31.5 Å². The normalized spacial score (nSPS) is 21.9. The summed E-state index contributed by atoms with van der Waals surface area (Å²) >= 11 is 5.93. The molecule has 1 heterocycles. The summed E-state index contributed by atoms with van der Waals surface area (Å²) in [5.74, 6) is 0.676. The van der Waals surface area contributed by atoms with Crippen molar-refractivity contribution in [2.45, 2.75) is 50.0 Å². The SMILES string of the molecule is C[C@@H]1CC2(CCN(C(=O)[C@H](N)Cc3ccc(Cl)cc3)CC2)c2ccccc21. The summed E-state index contributed by atoms with van der Waals surface area (Å²) in [7, 11) is 0. The van der Waals surface area contributed by atoms with Gasteiger partial charge in [0.1, 0.15) is 0 Å².